The van der Waals surface area contributed by atoms with Gasteiger partial charge in [-0.1, -0.05) is 71.8 Å². The lowest BCUT2D eigenvalue weighted by molar-refractivity contribution is 0.259. The summed E-state index contributed by atoms with van der Waals surface area (Å²) in [6.07, 6.45) is 3.43. The molecule has 2 heterocycles. The van der Waals surface area contributed by atoms with Gasteiger partial charge in [-0.15, -0.1) is 0 Å². The summed E-state index contributed by atoms with van der Waals surface area (Å²) in [6, 6.07) is 26.9. The van der Waals surface area contributed by atoms with Crippen molar-refractivity contribution in [1.29, 1.82) is 0 Å². The predicted octanol–water partition coefficient (Wildman–Crippen LogP) is 6.85. The monoisotopic (exact) mass is 406 g/mol. The van der Waals surface area contributed by atoms with E-state index >= 15 is 0 Å². The van der Waals surface area contributed by atoms with Gasteiger partial charge in [0, 0.05) is 23.8 Å². The zero-order valence-corrected chi connectivity index (χ0v) is 18.9. The Morgan fingerprint density at radius 2 is 1.61 bits per heavy atom. The van der Waals surface area contributed by atoms with Crippen LogP contribution in [0.1, 0.15) is 46.5 Å². The Morgan fingerprint density at radius 3 is 2.35 bits per heavy atom. The van der Waals surface area contributed by atoms with Gasteiger partial charge in [0.15, 0.2) is 0 Å². The number of fused-ring (bicyclic) bond motifs is 3. The van der Waals surface area contributed by atoms with Gasteiger partial charge in [0.2, 0.25) is 0 Å². The minimum absolute atomic E-state index is 0.250. The lowest BCUT2D eigenvalue weighted by Crippen LogP contribution is -2.33. The van der Waals surface area contributed by atoms with Crippen LogP contribution < -0.4 is 0 Å². The van der Waals surface area contributed by atoms with Crippen LogP contribution in [0.4, 0.5) is 0 Å². The van der Waals surface area contributed by atoms with Crippen molar-refractivity contribution in [3.63, 3.8) is 0 Å². The first-order chi connectivity index (χ1) is 15.0. The Morgan fingerprint density at radius 1 is 0.903 bits per heavy atom. The molecule has 0 saturated heterocycles. The number of aromatic nitrogens is 1. The molecule has 1 atom stereocenters. The smallest absolute Gasteiger partial charge is 0.0760 e. The van der Waals surface area contributed by atoms with Crippen LogP contribution in [0.2, 0.25) is 0 Å². The number of hydrogen-bond donors (Lipinski definition) is 0. The van der Waals surface area contributed by atoms with Gasteiger partial charge >= 0.3 is 0 Å². The van der Waals surface area contributed by atoms with Gasteiger partial charge in [-0.05, 0) is 68.6 Å². The van der Waals surface area contributed by atoms with Crippen molar-refractivity contribution in [2.24, 2.45) is 0 Å². The Labute approximate surface area is 185 Å². The summed E-state index contributed by atoms with van der Waals surface area (Å²) >= 11 is 0. The second kappa shape index (κ2) is 7.86. The highest BCUT2D eigenvalue weighted by atomic mass is 15.2. The first-order valence-electron chi connectivity index (χ1n) is 11.2. The maximum Gasteiger partial charge on any atom is 0.0760 e. The third kappa shape index (κ3) is 3.51. The summed E-state index contributed by atoms with van der Waals surface area (Å²) < 4.78 is 2.46. The summed E-state index contributed by atoms with van der Waals surface area (Å²) in [5, 5.41) is 1.40. The first kappa shape index (κ1) is 19.8. The zero-order valence-electron chi connectivity index (χ0n) is 18.9. The minimum Gasteiger partial charge on any atom is -0.318 e. The number of allylic oxidation sites excluding steroid dienone is 1. The van der Waals surface area contributed by atoms with E-state index < -0.39 is 0 Å². The van der Waals surface area contributed by atoms with Crippen molar-refractivity contribution >= 4 is 22.7 Å². The SMILES string of the molecule is C/C(=C\n1c2c(c3cc(C)ccc31)CCN(C)C2c1ccccc1)c1ccc(C)cc1. The van der Waals surface area contributed by atoms with Crippen LogP contribution in [0, 0.1) is 13.8 Å². The molecule has 156 valence electrons. The van der Waals surface area contributed by atoms with Crippen LogP contribution in [0.3, 0.4) is 0 Å². The van der Waals surface area contributed by atoms with Crippen molar-refractivity contribution < 1.29 is 0 Å². The molecule has 31 heavy (non-hydrogen) atoms. The molecule has 3 aromatic carbocycles. The minimum atomic E-state index is 0.250. The first-order valence-corrected chi connectivity index (χ1v) is 11.2. The normalized spacial score (nSPS) is 17.2. The van der Waals surface area contributed by atoms with Gasteiger partial charge in [0.05, 0.1) is 11.6 Å². The number of aryl methyl sites for hydroxylation is 2. The van der Waals surface area contributed by atoms with Gasteiger partial charge in [-0.25, -0.2) is 0 Å². The fourth-order valence-corrected chi connectivity index (χ4v) is 4.97. The van der Waals surface area contributed by atoms with E-state index in [-0.39, 0.29) is 6.04 Å². The summed E-state index contributed by atoms with van der Waals surface area (Å²) in [5.74, 6) is 0. The summed E-state index contributed by atoms with van der Waals surface area (Å²) in [4.78, 5) is 2.49. The van der Waals surface area contributed by atoms with E-state index in [0.29, 0.717) is 0 Å². The van der Waals surface area contributed by atoms with E-state index in [0.717, 1.165) is 13.0 Å². The highest BCUT2D eigenvalue weighted by Gasteiger charge is 2.31. The van der Waals surface area contributed by atoms with E-state index in [9.17, 15) is 0 Å². The average molecular weight is 407 g/mol. The lowest BCUT2D eigenvalue weighted by atomic mass is 9.92. The molecule has 0 bridgehead atoms. The van der Waals surface area contributed by atoms with E-state index in [1.54, 1.807) is 0 Å². The average Bonchev–Trinajstić information content (AvgIpc) is 3.07. The molecule has 2 heteroatoms. The number of likely N-dealkylation sites (N-methyl/N-ethyl adjacent to an activating group) is 1. The Balaban J connectivity index is 1.77. The standard InChI is InChI=1S/C29H30N2/c1-20-10-13-23(14-11-20)22(3)19-31-27-15-12-21(2)18-26(27)25-16-17-30(4)28(29(25)31)24-8-6-5-7-9-24/h5-15,18-19,28H,16-17H2,1-4H3/b22-19+. The maximum atomic E-state index is 2.49. The Kier molecular flexibility index (Phi) is 5.03. The molecule has 1 aromatic heterocycles. The molecule has 5 rings (SSSR count). The molecular weight excluding hydrogens is 376 g/mol. The fourth-order valence-electron chi connectivity index (χ4n) is 4.97. The Bertz CT molecular complexity index is 1260. The predicted molar refractivity (Wildman–Crippen MR) is 132 cm³/mol. The van der Waals surface area contributed by atoms with Crippen molar-refractivity contribution in [2.45, 2.75) is 33.2 Å². The molecule has 0 amide bonds. The summed E-state index contributed by atoms with van der Waals surface area (Å²) in [6.45, 7) is 7.63. The second-order valence-electron chi connectivity index (χ2n) is 8.98. The van der Waals surface area contributed by atoms with E-state index in [1.165, 1.54) is 50.0 Å². The maximum absolute atomic E-state index is 2.49. The molecule has 0 aliphatic carbocycles. The molecule has 1 aliphatic heterocycles. The van der Waals surface area contributed by atoms with Crippen LogP contribution in [0.15, 0.2) is 72.8 Å². The van der Waals surface area contributed by atoms with Gasteiger partial charge in [0.25, 0.3) is 0 Å². The topological polar surface area (TPSA) is 8.17 Å². The molecule has 1 aliphatic rings. The zero-order chi connectivity index (χ0) is 21.5. The quantitative estimate of drug-likeness (QED) is 0.361. The Hall–Kier alpha value is -3.10. The highest BCUT2D eigenvalue weighted by molar-refractivity contribution is 5.91. The molecule has 0 N–H and O–H groups in total. The molecule has 0 radical (unpaired) electrons. The van der Waals surface area contributed by atoms with Crippen molar-refractivity contribution in [3.8, 4) is 0 Å². The number of nitrogens with zero attached hydrogens (tertiary/aromatic N) is 2. The summed E-state index contributed by atoms with van der Waals surface area (Å²) in [5.41, 5.74) is 10.7. The third-order valence-corrected chi connectivity index (χ3v) is 6.66. The molecule has 0 saturated carbocycles. The highest BCUT2D eigenvalue weighted by Crippen LogP contribution is 2.41. The summed E-state index contributed by atoms with van der Waals surface area (Å²) in [7, 11) is 2.25. The van der Waals surface area contributed by atoms with Crippen LogP contribution in [0.25, 0.3) is 22.7 Å². The van der Waals surface area contributed by atoms with Crippen LogP contribution in [-0.4, -0.2) is 23.1 Å². The molecule has 2 nitrogen and oxygen atoms in total. The molecular formula is C29H30N2. The third-order valence-electron chi connectivity index (χ3n) is 6.66. The molecule has 0 spiro atoms. The van der Waals surface area contributed by atoms with Gasteiger partial charge in [0.1, 0.15) is 0 Å². The van der Waals surface area contributed by atoms with Gasteiger partial charge in [-0.2, -0.15) is 0 Å². The van der Waals surface area contributed by atoms with Crippen molar-refractivity contribution in [3.05, 3.63) is 106 Å². The number of hydrogen-bond acceptors (Lipinski definition) is 1. The van der Waals surface area contributed by atoms with Gasteiger partial charge in [-0.3, -0.25) is 4.90 Å². The van der Waals surface area contributed by atoms with Crippen LogP contribution in [0.5, 0.6) is 0 Å². The molecule has 1 unspecified atom stereocenters. The molecule has 0 fully saturated rings. The van der Waals surface area contributed by atoms with Crippen LogP contribution >= 0.6 is 0 Å². The van der Waals surface area contributed by atoms with E-state index in [4.69, 9.17) is 0 Å². The van der Waals surface area contributed by atoms with E-state index in [1.807, 2.05) is 0 Å². The molecule has 4 aromatic rings. The largest absolute Gasteiger partial charge is 0.318 e. The lowest BCUT2D eigenvalue weighted by Gasteiger charge is -2.34. The van der Waals surface area contributed by atoms with E-state index in [2.05, 4.69) is 116 Å². The number of rotatable bonds is 3. The van der Waals surface area contributed by atoms with Crippen molar-refractivity contribution in [1.82, 2.24) is 9.47 Å². The van der Waals surface area contributed by atoms with Crippen LogP contribution in [-0.2, 0) is 6.42 Å². The fraction of sp³-hybridized carbons (Fsp3) is 0.241. The van der Waals surface area contributed by atoms with Gasteiger partial charge < -0.3 is 4.57 Å². The second-order valence-corrected chi connectivity index (χ2v) is 8.98. The number of benzene rings is 3. The van der Waals surface area contributed by atoms with Crippen molar-refractivity contribution in [2.75, 3.05) is 13.6 Å².